The van der Waals surface area contributed by atoms with Gasteiger partial charge in [-0.2, -0.15) is 0 Å². The largest absolute Gasteiger partial charge is 0.110 e. The fourth-order valence-electron chi connectivity index (χ4n) is 2.73. The zero-order valence-corrected chi connectivity index (χ0v) is 17.4. The molecule has 0 N–H and O–H groups in total. The molecule has 0 aromatic carbocycles. The molecule has 0 nitrogen and oxygen atoms in total. The van der Waals surface area contributed by atoms with Crippen LogP contribution in [0.2, 0.25) is 39.3 Å². The van der Waals surface area contributed by atoms with E-state index >= 15 is 0 Å². The van der Waals surface area contributed by atoms with E-state index in [9.17, 15) is 0 Å². The molecule has 21 heavy (non-hydrogen) atoms. The van der Waals surface area contributed by atoms with Crippen LogP contribution in [0, 0.1) is 0 Å². The van der Waals surface area contributed by atoms with E-state index in [2.05, 4.69) is 75.7 Å². The molecule has 0 aromatic rings. The molecule has 2 rings (SSSR count). The van der Waals surface area contributed by atoms with E-state index in [1.807, 2.05) is 0 Å². The third-order valence-corrected chi connectivity index (χ3v) is 8.97. The van der Waals surface area contributed by atoms with E-state index in [-0.39, 0.29) is 0 Å². The minimum Gasteiger partial charge on any atom is -0.110 e. The van der Waals surface area contributed by atoms with Crippen LogP contribution in [0.1, 0.15) is 6.42 Å². The van der Waals surface area contributed by atoms with Gasteiger partial charge in [0, 0.05) is 0 Å². The SMILES string of the molecule is C[Si](C)(C)C1=CC(Cl)(CC2(Cl)C=CC([Si](C)(C)C)=C2)C=C1. The first-order valence-corrected chi connectivity index (χ1v) is 15.3. The molecule has 2 aliphatic carbocycles. The van der Waals surface area contributed by atoms with Crippen LogP contribution in [-0.4, -0.2) is 25.9 Å². The summed E-state index contributed by atoms with van der Waals surface area (Å²) in [5.41, 5.74) is 0. The Morgan fingerprint density at radius 2 is 1.10 bits per heavy atom. The van der Waals surface area contributed by atoms with Gasteiger partial charge in [0.15, 0.2) is 0 Å². The molecule has 2 atom stereocenters. The van der Waals surface area contributed by atoms with Gasteiger partial charge >= 0.3 is 0 Å². The molecule has 0 aliphatic heterocycles. The van der Waals surface area contributed by atoms with Crippen LogP contribution in [0.4, 0.5) is 0 Å². The van der Waals surface area contributed by atoms with Gasteiger partial charge in [-0.1, -0.05) is 86.1 Å². The highest BCUT2D eigenvalue weighted by Gasteiger charge is 2.40. The monoisotopic (exact) mass is 356 g/mol. The highest BCUT2D eigenvalue weighted by molar-refractivity contribution is 6.84. The van der Waals surface area contributed by atoms with Crippen LogP contribution in [0.15, 0.2) is 46.8 Å². The van der Waals surface area contributed by atoms with E-state index < -0.39 is 25.9 Å². The van der Waals surface area contributed by atoms with Crippen molar-refractivity contribution in [2.24, 2.45) is 0 Å². The van der Waals surface area contributed by atoms with Crippen LogP contribution >= 0.6 is 23.2 Å². The van der Waals surface area contributed by atoms with Gasteiger partial charge in [0.1, 0.15) is 0 Å². The smallest absolute Gasteiger partial charge is 0.0834 e. The number of rotatable bonds is 4. The fraction of sp³-hybridized carbons (Fsp3) is 0.529. The standard InChI is InChI=1S/C17H26Cl2Si2/c1-20(2,3)14-7-9-16(18,11-14)13-17(19)10-8-15(12-17)21(4,5)6/h7-12H,13H2,1-6H3. The number of hydrogen-bond donors (Lipinski definition) is 0. The predicted octanol–water partition coefficient (Wildman–Crippen LogP) is 6.08. The van der Waals surface area contributed by atoms with Gasteiger partial charge in [0.05, 0.1) is 25.9 Å². The first-order valence-electron chi connectivity index (χ1n) is 7.56. The summed E-state index contributed by atoms with van der Waals surface area (Å²) in [6, 6.07) is 0. The average Bonchev–Trinajstić information content (AvgIpc) is 2.81. The maximum atomic E-state index is 6.83. The maximum Gasteiger partial charge on any atom is 0.0834 e. The predicted molar refractivity (Wildman–Crippen MR) is 103 cm³/mol. The zero-order chi connectivity index (χ0) is 16.1. The summed E-state index contributed by atoms with van der Waals surface area (Å²) in [5.74, 6) is 0. The molecule has 0 radical (unpaired) electrons. The van der Waals surface area contributed by atoms with E-state index in [0.29, 0.717) is 0 Å². The Labute approximate surface area is 141 Å². The zero-order valence-electron chi connectivity index (χ0n) is 13.9. The Bertz CT molecular complexity index is 508. The highest BCUT2D eigenvalue weighted by Crippen LogP contribution is 2.44. The molecular weight excluding hydrogens is 331 g/mol. The molecule has 0 saturated carbocycles. The third-order valence-electron chi connectivity index (χ3n) is 4.14. The Morgan fingerprint density at radius 3 is 1.33 bits per heavy atom. The number of hydrogen-bond acceptors (Lipinski definition) is 0. The van der Waals surface area contributed by atoms with Crippen LogP contribution < -0.4 is 0 Å². The summed E-state index contributed by atoms with van der Waals surface area (Å²) in [7, 11) is -2.63. The molecule has 116 valence electrons. The minimum absolute atomic E-state index is 0.437. The molecule has 0 spiro atoms. The first kappa shape index (κ1) is 17.3. The van der Waals surface area contributed by atoms with E-state index in [0.717, 1.165) is 6.42 Å². The van der Waals surface area contributed by atoms with Crippen LogP contribution in [0.25, 0.3) is 0 Å². The molecule has 0 heterocycles. The van der Waals surface area contributed by atoms with Gasteiger partial charge in [0.25, 0.3) is 0 Å². The Morgan fingerprint density at radius 1 is 0.762 bits per heavy atom. The molecule has 2 aliphatic rings. The topological polar surface area (TPSA) is 0 Å². The van der Waals surface area contributed by atoms with Crippen molar-refractivity contribution < 1.29 is 0 Å². The third kappa shape index (κ3) is 4.04. The maximum absolute atomic E-state index is 6.83. The second-order valence-corrected chi connectivity index (χ2v) is 20.0. The molecule has 0 saturated heterocycles. The molecule has 0 aromatic heterocycles. The van der Waals surface area contributed by atoms with E-state index in [1.165, 1.54) is 10.4 Å². The molecule has 0 amide bonds. The van der Waals surface area contributed by atoms with Crippen molar-refractivity contribution in [3.05, 3.63) is 46.8 Å². The quantitative estimate of drug-likeness (QED) is 0.422. The lowest BCUT2D eigenvalue weighted by Crippen LogP contribution is -2.29. The summed E-state index contributed by atoms with van der Waals surface area (Å²) < 4.78 is 0. The minimum atomic E-state index is -1.32. The van der Waals surface area contributed by atoms with Gasteiger partial charge in [-0.3, -0.25) is 0 Å². The van der Waals surface area contributed by atoms with Crippen molar-refractivity contribution >= 4 is 39.3 Å². The van der Waals surface area contributed by atoms with Crippen LogP contribution in [-0.2, 0) is 0 Å². The second-order valence-electron chi connectivity index (χ2n) is 8.40. The molecule has 2 unspecified atom stereocenters. The van der Waals surface area contributed by atoms with Crippen LogP contribution in [0.3, 0.4) is 0 Å². The van der Waals surface area contributed by atoms with Crippen molar-refractivity contribution in [2.45, 2.75) is 55.5 Å². The normalized spacial score (nSPS) is 32.6. The van der Waals surface area contributed by atoms with Gasteiger partial charge < -0.3 is 0 Å². The Hall–Kier alpha value is -0.0262. The summed E-state index contributed by atoms with van der Waals surface area (Å²) in [6.07, 6.45) is 13.9. The summed E-state index contributed by atoms with van der Waals surface area (Å²) in [4.78, 5) is -0.875. The second kappa shape index (κ2) is 5.26. The Kier molecular flexibility index (Phi) is 4.34. The fourth-order valence-corrected chi connectivity index (χ4v) is 6.34. The van der Waals surface area contributed by atoms with E-state index in [1.54, 1.807) is 0 Å². The van der Waals surface area contributed by atoms with Crippen molar-refractivity contribution in [1.82, 2.24) is 0 Å². The molecule has 0 bridgehead atoms. The average molecular weight is 357 g/mol. The lowest BCUT2D eigenvalue weighted by molar-refractivity contribution is 0.691. The van der Waals surface area contributed by atoms with Crippen molar-refractivity contribution in [3.8, 4) is 0 Å². The van der Waals surface area contributed by atoms with Gasteiger partial charge in [-0.25, -0.2) is 0 Å². The number of allylic oxidation sites excluding steroid dienone is 8. The van der Waals surface area contributed by atoms with Crippen molar-refractivity contribution in [3.63, 3.8) is 0 Å². The lowest BCUT2D eigenvalue weighted by Gasteiger charge is -2.27. The lowest BCUT2D eigenvalue weighted by atomic mass is 9.95. The van der Waals surface area contributed by atoms with Gasteiger partial charge in [-0.05, 0) is 6.42 Å². The Balaban J connectivity index is 2.21. The molecule has 0 fully saturated rings. The van der Waals surface area contributed by atoms with E-state index in [4.69, 9.17) is 23.2 Å². The van der Waals surface area contributed by atoms with Crippen molar-refractivity contribution in [1.29, 1.82) is 0 Å². The first-order chi connectivity index (χ1) is 9.33. The summed E-state index contributed by atoms with van der Waals surface area (Å²) in [5, 5.41) is 2.85. The highest BCUT2D eigenvalue weighted by atomic mass is 35.5. The summed E-state index contributed by atoms with van der Waals surface area (Å²) in [6.45, 7) is 14.1. The van der Waals surface area contributed by atoms with Crippen molar-refractivity contribution in [2.75, 3.05) is 0 Å². The number of alkyl halides is 2. The van der Waals surface area contributed by atoms with Gasteiger partial charge in [-0.15, -0.1) is 23.2 Å². The van der Waals surface area contributed by atoms with Crippen LogP contribution in [0.5, 0.6) is 0 Å². The number of halogens is 2. The molecule has 4 heteroatoms. The summed E-state index contributed by atoms with van der Waals surface area (Å²) >= 11 is 13.7. The van der Waals surface area contributed by atoms with Gasteiger partial charge in [0.2, 0.25) is 0 Å². The molecular formula is C17H26Cl2Si2.